The Kier molecular flexibility index (Phi) is 5.83. The van der Waals surface area contributed by atoms with Gasteiger partial charge in [0.2, 0.25) is 0 Å². The van der Waals surface area contributed by atoms with Crippen LogP contribution in [-0.4, -0.2) is 6.04 Å². The van der Waals surface area contributed by atoms with Crippen LogP contribution >= 0.6 is 0 Å². The van der Waals surface area contributed by atoms with Crippen LogP contribution in [0.3, 0.4) is 0 Å². The van der Waals surface area contributed by atoms with E-state index in [-0.39, 0.29) is 0 Å². The van der Waals surface area contributed by atoms with Crippen LogP contribution < -0.4 is 11.3 Å². The number of nitrogens with one attached hydrogen (secondary N) is 1. The lowest BCUT2D eigenvalue weighted by Gasteiger charge is -2.26. The number of hydrogen-bond donors (Lipinski definition) is 2. The van der Waals surface area contributed by atoms with Gasteiger partial charge in [0.15, 0.2) is 0 Å². The Hall–Kier alpha value is -0.860. The summed E-state index contributed by atoms with van der Waals surface area (Å²) in [5.74, 6) is 6.40. The van der Waals surface area contributed by atoms with Crippen molar-refractivity contribution in [2.45, 2.75) is 59.9 Å². The third kappa shape index (κ3) is 3.56. The standard InChI is InChI=1S/C16H28N2/c1-6-14(7-2)16(18-17)10-15-12(4)8-11(3)9-13(15)5/h8-9,14,16,18H,6-7,10,17H2,1-5H3. The summed E-state index contributed by atoms with van der Waals surface area (Å²) in [4.78, 5) is 0. The summed E-state index contributed by atoms with van der Waals surface area (Å²) in [5, 5.41) is 0. The van der Waals surface area contributed by atoms with Crippen LogP contribution in [0, 0.1) is 26.7 Å². The van der Waals surface area contributed by atoms with E-state index in [9.17, 15) is 0 Å². The molecule has 0 spiro atoms. The lowest BCUT2D eigenvalue weighted by molar-refractivity contribution is 0.335. The van der Waals surface area contributed by atoms with Gasteiger partial charge in [0.05, 0.1) is 0 Å². The lowest BCUT2D eigenvalue weighted by atomic mass is 9.86. The van der Waals surface area contributed by atoms with Crippen molar-refractivity contribution in [3.63, 3.8) is 0 Å². The molecule has 0 amide bonds. The van der Waals surface area contributed by atoms with E-state index < -0.39 is 0 Å². The molecule has 0 saturated heterocycles. The Morgan fingerprint density at radius 1 is 1.06 bits per heavy atom. The fourth-order valence-corrected chi connectivity index (χ4v) is 2.97. The zero-order valence-electron chi connectivity index (χ0n) is 12.5. The first-order valence-electron chi connectivity index (χ1n) is 7.06. The Morgan fingerprint density at radius 2 is 1.56 bits per heavy atom. The number of hydrogen-bond acceptors (Lipinski definition) is 2. The normalized spacial score (nSPS) is 13.1. The summed E-state index contributed by atoms with van der Waals surface area (Å²) in [5.41, 5.74) is 8.59. The third-order valence-electron chi connectivity index (χ3n) is 4.10. The molecular formula is C16H28N2. The Balaban J connectivity index is 2.94. The van der Waals surface area contributed by atoms with E-state index >= 15 is 0 Å². The quantitative estimate of drug-likeness (QED) is 0.598. The lowest BCUT2D eigenvalue weighted by Crippen LogP contribution is -2.42. The predicted octanol–water partition coefficient (Wildman–Crippen LogP) is 3.42. The van der Waals surface area contributed by atoms with Gasteiger partial charge in [-0.05, 0) is 49.8 Å². The molecule has 1 aromatic carbocycles. The second kappa shape index (κ2) is 6.91. The molecule has 3 N–H and O–H groups in total. The minimum atomic E-state index is 0.375. The minimum Gasteiger partial charge on any atom is -0.271 e. The van der Waals surface area contributed by atoms with Crippen molar-refractivity contribution < 1.29 is 0 Å². The van der Waals surface area contributed by atoms with Gasteiger partial charge < -0.3 is 0 Å². The molecule has 1 atom stereocenters. The average Bonchev–Trinajstić information content (AvgIpc) is 2.32. The summed E-state index contributed by atoms with van der Waals surface area (Å²) >= 11 is 0. The molecule has 1 rings (SSSR count). The number of benzene rings is 1. The molecule has 102 valence electrons. The number of rotatable bonds is 6. The van der Waals surface area contributed by atoms with Crippen molar-refractivity contribution in [2.75, 3.05) is 0 Å². The predicted molar refractivity (Wildman–Crippen MR) is 79.5 cm³/mol. The molecule has 0 heterocycles. The van der Waals surface area contributed by atoms with E-state index in [1.54, 1.807) is 0 Å². The number of nitrogens with two attached hydrogens (primary N) is 1. The molecule has 0 radical (unpaired) electrons. The highest BCUT2D eigenvalue weighted by Crippen LogP contribution is 2.22. The summed E-state index contributed by atoms with van der Waals surface area (Å²) < 4.78 is 0. The SMILES string of the molecule is CCC(CC)C(Cc1c(C)cc(C)cc1C)NN. The van der Waals surface area contributed by atoms with Crippen LogP contribution in [0.25, 0.3) is 0 Å². The molecule has 1 aromatic rings. The highest BCUT2D eigenvalue weighted by atomic mass is 15.2. The Morgan fingerprint density at radius 3 is 1.94 bits per heavy atom. The second-order valence-electron chi connectivity index (χ2n) is 5.43. The topological polar surface area (TPSA) is 38.0 Å². The first kappa shape index (κ1) is 15.2. The van der Waals surface area contributed by atoms with Crippen LogP contribution in [0.1, 0.15) is 48.9 Å². The van der Waals surface area contributed by atoms with Gasteiger partial charge in [-0.3, -0.25) is 11.3 Å². The molecule has 2 heteroatoms. The van der Waals surface area contributed by atoms with E-state index in [0.29, 0.717) is 12.0 Å². The summed E-state index contributed by atoms with van der Waals surface area (Å²) in [6.07, 6.45) is 3.38. The van der Waals surface area contributed by atoms with Gasteiger partial charge in [0, 0.05) is 6.04 Å². The molecule has 1 unspecified atom stereocenters. The Labute approximate surface area is 112 Å². The minimum absolute atomic E-state index is 0.375. The molecule has 0 aromatic heterocycles. The third-order valence-corrected chi connectivity index (χ3v) is 4.10. The molecule has 0 bridgehead atoms. The maximum absolute atomic E-state index is 5.75. The van der Waals surface area contributed by atoms with Crippen LogP contribution in [0.2, 0.25) is 0 Å². The van der Waals surface area contributed by atoms with Gasteiger partial charge in [-0.2, -0.15) is 0 Å². The van der Waals surface area contributed by atoms with Gasteiger partial charge >= 0.3 is 0 Å². The summed E-state index contributed by atoms with van der Waals surface area (Å²) in [7, 11) is 0. The first-order chi connectivity index (χ1) is 8.53. The van der Waals surface area contributed by atoms with Crippen molar-refractivity contribution in [1.29, 1.82) is 0 Å². The van der Waals surface area contributed by atoms with Crippen molar-refractivity contribution in [3.05, 3.63) is 34.4 Å². The van der Waals surface area contributed by atoms with Crippen molar-refractivity contribution >= 4 is 0 Å². The monoisotopic (exact) mass is 248 g/mol. The summed E-state index contributed by atoms with van der Waals surface area (Å²) in [6, 6.07) is 4.91. The van der Waals surface area contributed by atoms with Gasteiger partial charge in [0.25, 0.3) is 0 Å². The van der Waals surface area contributed by atoms with Crippen molar-refractivity contribution in [3.8, 4) is 0 Å². The van der Waals surface area contributed by atoms with Crippen molar-refractivity contribution in [1.82, 2.24) is 5.43 Å². The molecule has 2 nitrogen and oxygen atoms in total. The van der Waals surface area contributed by atoms with E-state index in [0.717, 1.165) is 6.42 Å². The molecular weight excluding hydrogens is 220 g/mol. The maximum Gasteiger partial charge on any atom is 0.0279 e. The number of aryl methyl sites for hydroxylation is 3. The molecule has 0 fully saturated rings. The molecule has 0 saturated carbocycles. The van der Waals surface area contributed by atoms with Gasteiger partial charge in [0.1, 0.15) is 0 Å². The van der Waals surface area contributed by atoms with Crippen LogP contribution in [0.15, 0.2) is 12.1 Å². The smallest absolute Gasteiger partial charge is 0.0279 e. The molecule has 0 aliphatic heterocycles. The van der Waals surface area contributed by atoms with Gasteiger partial charge in [-0.25, -0.2) is 0 Å². The maximum atomic E-state index is 5.75. The number of hydrazine groups is 1. The zero-order valence-corrected chi connectivity index (χ0v) is 12.5. The summed E-state index contributed by atoms with van der Waals surface area (Å²) in [6.45, 7) is 11.1. The molecule has 18 heavy (non-hydrogen) atoms. The second-order valence-corrected chi connectivity index (χ2v) is 5.43. The van der Waals surface area contributed by atoms with E-state index in [4.69, 9.17) is 5.84 Å². The highest BCUT2D eigenvalue weighted by Gasteiger charge is 2.19. The Bertz CT molecular complexity index is 358. The average molecular weight is 248 g/mol. The van der Waals surface area contributed by atoms with Crippen LogP contribution in [0.4, 0.5) is 0 Å². The van der Waals surface area contributed by atoms with E-state index in [2.05, 4.69) is 52.2 Å². The van der Waals surface area contributed by atoms with Gasteiger partial charge in [-0.15, -0.1) is 0 Å². The zero-order chi connectivity index (χ0) is 13.7. The largest absolute Gasteiger partial charge is 0.271 e. The van der Waals surface area contributed by atoms with E-state index in [1.165, 1.54) is 35.1 Å². The van der Waals surface area contributed by atoms with Crippen LogP contribution in [-0.2, 0) is 6.42 Å². The fraction of sp³-hybridized carbons (Fsp3) is 0.625. The van der Waals surface area contributed by atoms with Crippen LogP contribution in [0.5, 0.6) is 0 Å². The fourth-order valence-electron chi connectivity index (χ4n) is 2.97. The highest BCUT2D eigenvalue weighted by molar-refractivity contribution is 5.38. The first-order valence-corrected chi connectivity index (χ1v) is 7.06. The van der Waals surface area contributed by atoms with Crippen molar-refractivity contribution in [2.24, 2.45) is 11.8 Å². The molecule has 0 aliphatic rings. The molecule has 0 aliphatic carbocycles. The van der Waals surface area contributed by atoms with E-state index in [1.807, 2.05) is 0 Å². The van der Waals surface area contributed by atoms with Gasteiger partial charge in [-0.1, -0.05) is 44.4 Å².